The van der Waals surface area contributed by atoms with Gasteiger partial charge in [0.2, 0.25) is 0 Å². The summed E-state index contributed by atoms with van der Waals surface area (Å²) in [4.78, 5) is 2.44. The zero-order chi connectivity index (χ0) is 14.6. The Hall–Kier alpha value is -1.42. The molecular weight excluding hydrogens is 252 g/mol. The van der Waals surface area contributed by atoms with Crippen molar-refractivity contribution < 1.29 is 9.47 Å². The number of nitrogens with one attached hydrogen (secondary N) is 1. The van der Waals surface area contributed by atoms with E-state index < -0.39 is 0 Å². The average molecular weight is 278 g/mol. The third kappa shape index (κ3) is 2.85. The summed E-state index contributed by atoms with van der Waals surface area (Å²) in [5, 5.41) is 3.69. The van der Waals surface area contributed by atoms with Crippen molar-refractivity contribution in [2.24, 2.45) is 0 Å². The van der Waals surface area contributed by atoms with Crippen LogP contribution in [0.15, 0.2) is 18.2 Å². The normalized spacial score (nSPS) is 17.9. The zero-order valence-corrected chi connectivity index (χ0v) is 13.0. The summed E-state index contributed by atoms with van der Waals surface area (Å²) >= 11 is 0. The molecule has 4 heteroatoms. The van der Waals surface area contributed by atoms with Crippen molar-refractivity contribution in [3.05, 3.63) is 18.2 Å². The van der Waals surface area contributed by atoms with Crippen LogP contribution in [0.25, 0.3) is 0 Å². The highest BCUT2D eigenvalue weighted by molar-refractivity contribution is 5.57. The number of methoxy groups -OCH3 is 2. The first kappa shape index (κ1) is 15.0. The number of ether oxygens (including phenoxy) is 2. The molecule has 1 aromatic rings. The third-order valence-electron chi connectivity index (χ3n) is 4.46. The fraction of sp³-hybridized carbons (Fsp3) is 0.625. The Bertz CT molecular complexity index is 444. The fourth-order valence-electron chi connectivity index (χ4n) is 2.92. The molecule has 1 saturated heterocycles. The monoisotopic (exact) mass is 278 g/mol. The first-order valence-electron chi connectivity index (χ1n) is 7.40. The molecule has 0 aromatic heterocycles. The molecule has 1 N–H and O–H groups in total. The van der Waals surface area contributed by atoms with Gasteiger partial charge in [-0.15, -0.1) is 0 Å². The van der Waals surface area contributed by atoms with Crippen molar-refractivity contribution in [1.82, 2.24) is 5.32 Å². The van der Waals surface area contributed by atoms with E-state index in [4.69, 9.17) is 9.47 Å². The van der Waals surface area contributed by atoms with Gasteiger partial charge >= 0.3 is 0 Å². The van der Waals surface area contributed by atoms with Crippen LogP contribution in [-0.4, -0.2) is 39.4 Å². The zero-order valence-electron chi connectivity index (χ0n) is 13.0. The molecule has 0 radical (unpaired) electrons. The van der Waals surface area contributed by atoms with E-state index in [1.54, 1.807) is 14.2 Å². The lowest BCUT2D eigenvalue weighted by molar-refractivity contribution is 0.277. The van der Waals surface area contributed by atoms with Crippen LogP contribution in [0, 0.1) is 0 Å². The topological polar surface area (TPSA) is 33.7 Å². The second kappa shape index (κ2) is 6.35. The van der Waals surface area contributed by atoms with Gasteiger partial charge in [-0.05, 0) is 25.0 Å². The SMILES string of the molecule is CCC1(CC)CN(c2ccc(OC)c(OC)c2)CCN1. The van der Waals surface area contributed by atoms with Gasteiger partial charge in [-0.1, -0.05) is 13.8 Å². The standard InChI is InChI=1S/C16H26N2O2/c1-5-16(6-2)12-18(10-9-17-16)13-7-8-14(19-3)15(11-13)20-4/h7-8,11,17H,5-6,9-10,12H2,1-4H3. The molecule has 0 saturated carbocycles. The third-order valence-corrected chi connectivity index (χ3v) is 4.46. The van der Waals surface area contributed by atoms with Crippen molar-refractivity contribution in [1.29, 1.82) is 0 Å². The maximum absolute atomic E-state index is 5.41. The lowest BCUT2D eigenvalue weighted by Gasteiger charge is -2.44. The Kier molecular flexibility index (Phi) is 4.76. The van der Waals surface area contributed by atoms with Crippen molar-refractivity contribution >= 4 is 5.69 Å². The van der Waals surface area contributed by atoms with E-state index in [9.17, 15) is 0 Å². The number of anilines is 1. The van der Waals surface area contributed by atoms with E-state index in [0.29, 0.717) is 0 Å². The molecule has 1 fully saturated rings. The van der Waals surface area contributed by atoms with E-state index in [2.05, 4.69) is 36.2 Å². The van der Waals surface area contributed by atoms with Crippen LogP contribution in [0.5, 0.6) is 11.5 Å². The molecule has 0 spiro atoms. The summed E-state index contributed by atoms with van der Waals surface area (Å²) in [7, 11) is 3.35. The predicted octanol–water partition coefficient (Wildman–Crippen LogP) is 2.67. The van der Waals surface area contributed by atoms with E-state index in [1.807, 2.05) is 6.07 Å². The Morgan fingerprint density at radius 2 is 1.85 bits per heavy atom. The molecule has 0 aliphatic carbocycles. The van der Waals surface area contributed by atoms with E-state index in [-0.39, 0.29) is 5.54 Å². The van der Waals surface area contributed by atoms with Gasteiger partial charge in [0.25, 0.3) is 0 Å². The largest absolute Gasteiger partial charge is 0.493 e. The van der Waals surface area contributed by atoms with Gasteiger partial charge in [0.15, 0.2) is 11.5 Å². The van der Waals surface area contributed by atoms with Crippen LogP contribution in [0.4, 0.5) is 5.69 Å². The van der Waals surface area contributed by atoms with Crippen LogP contribution in [0.3, 0.4) is 0 Å². The van der Waals surface area contributed by atoms with Crippen LogP contribution in [-0.2, 0) is 0 Å². The molecule has 2 rings (SSSR count). The minimum atomic E-state index is 0.228. The molecule has 0 amide bonds. The van der Waals surface area contributed by atoms with Gasteiger partial charge in [-0.25, -0.2) is 0 Å². The summed E-state index contributed by atoms with van der Waals surface area (Å²) in [5.41, 5.74) is 1.43. The molecule has 0 atom stereocenters. The maximum Gasteiger partial charge on any atom is 0.162 e. The summed E-state index contributed by atoms with van der Waals surface area (Å²) in [5.74, 6) is 1.57. The number of nitrogens with zero attached hydrogens (tertiary/aromatic N) is 1. The van der Waals surface area contributed by atoms with E-state index in [1.165, 1.54) is 5.69 Å². The molecule has 1 aliphatic heterocycles. The van der Waals surface area contributed by atoms with Crippen LogP contribution in [0.1, 0.15) is 26.7 Å². The Morgan fingerprint density at radius 1 is 1.15 bits per heavy atom. The predicted molar refractivity (Wildman–Crippen MR) is 83.1 cm³/mol. The van der Waals surface area contributed by atoms with Gasteiger partial charge in [-0.2, -0.15) is 0 Å². The summed E-state index contributed by atoms with van der Waals surface area (Å²) in [6.07, 6.45) is 2.29. The van der Waals surface area contributed by atoms with Crippen LogP contribution < -0.4 is 19.7 Å². The van der Waals surface area contributed by atoms with E-state index in [0.717, 1.165) is 44.0 Å². The van der Waals surface area contributed by atoms with Gasteiger partial charge in [0.1, 0.15) is 0 Å². The van der Waals surface area contributed by atoms with Gasteiger partial charge in [-0.3, -0.25) is 0 Å². The molecule has 4 nitrogen and oxygen atoms in total. The molecule has 0 unspecified atom stereocenters. The maximum atomic E-state index is 5.41. The second-order valence-electron chi connectivity index (χ2n) is 5.38. The smallest absolute Gasteiger partial charge is 0.162 e. The summed E-state index contributed by atoms with van der Waals surface area (Å²) < 4.78 is 10.7. The minimum Gasteiger partial charge on any atom is -0.493 e. The highest BCUT2D eigenvalue weighted by Gasteiger charge is 2.32. The number of piperazine rings is 1. The summed E-state index contributed by atoms with van der Waals surface area (Å²) in [6, 6.07) is 6.17. The van der Waals surface area contributed by atoms with Crippen LogP contribution >= 0.6 is 0 Å². The Labute approximate surface area is 122 Å². The molecule has 1 heterocycles. The minimum absolute atomic E-state index is 0.228. The number of rotatable bonds is 5. The second-order valence-corrected chi connectivity index (χ2v) is 5.38. The Morgan fingerprint density at radius 3 is 2.45 bits per heavy atom. The van der Waals surface area contributed by atoms with Crippen LogP contribution in [0.2, 0.25) is 0 Å². The Balaban J connectivity index is 2.22. The van der Waals surface area contributed by atoms with E-state index >= 15 is 0 Å². The molecule has 20 heavy (non-hydrogen) atoms. The van der Waals surface area contributed by atoms with Crippen molar-refractivity contribution in [3.8, 4) is 11.5 Å². The summed E-state index contributed by atoms with van der Waals surface area (Å²) in [6.45, 7) is 7.60. The van der Waals surface area contributed by atoms with Crippen molar-refractivity contribution in [3.63, 3.8) is 0 Å². The lowest BCUT2D eigenvalue weighted by atomic mass is 9.90. The highest BCUT2D eigenvalue weighted by Crippen LogP contribution is 2.33. The fourth-order valence-corrected chi connectivity index (χ4v) is 2.92. The average Bonchev–Trinajstić information content (AvgIpc) is 2.54. The van der Waals surface area contributed by atoms with Gasteiger partial charge < -0.3 is 19.7 Å². The van der Waals surface area contributed by atoms with Gasteiger partial charge in [0, 0.05) is 36.9 Å². The molecule has 1 aromatic carbocycles. The number of hydrogen-bond acceptors (Lipinski definition) is 4. The molecular formula is C16H26N2O2. The molecule has 112 valence electrons. The molecule has 1 aliphatic rings. The molecule has 0 bridgehead atoms. The quantitative estimate of drug-likeness (QED) is 0.898. The van der Waals surface area contributed by atoms with Crippen molar-refractivity contribution in [2.75, 3.05) is 38.8 Å². The van der Waals surface area contributed by atoms with Gasteiger partial charge in [0.05, 0.1) is 14.2 Å². The number of benzene rings is 1. The highest BCUT2D eigenvalue weighted by atomic mass is 16.5. The van der Waals surface area contributed by atoms with Crippen molar-refractivity contribution in [2.45, 2.75) is 32.2 Å². The number of hydrogen-bond donors (Lipinski definition) is 1. The first-order chi connectivity index (χ1) is 9.68. The lowest BCUT2D eigenvalue weighted by Crippen LogP contribution is -2.60. The first-order valence-corrected chi connectivity index (χ1v) is 7.40.